The predicted octanol–water partition coefficient (Wildman–Crippen LogP) is 4.04. The van der Waals surface area contributed by atoms with E-state index in [0.29, 0.717) is 31.3 Å². The maximum absolute atomic E-state index is 12.9. The summed E-state index contributed by atoms with van der Waals surface area (Å²) in [5, 5.41) is 31.9. The molecule has 1 aromatic carbocycles. The number of hydrogen-bond donors (Lipinski definition) is 3. The van der Waals surface area contributed by atoms with Crippen LogP contribution in [-0.4, -0.2) is 56.8 Å². The molecule has 1 aliphatic heterocycles. The number of imide groups is 1. The van der Waals surface area contributed by atoms with E-state index in [2.05, 4.69) is 4.98 Å². The average Bonchev–Trinajstić information content (AvgIpc) is 3.12. The van der Waals surface area contributed by atoms with Crippen molar-refractivity contribution in [2.45, 2.75) is 52.6 Å². The molecular formula is C30H36N2O5. The molecule has 0 radical (unpaired) electrons. The van der Waals surface area contributed by atoms with Gasteiger partial charge in [-0.05, 0) is 97.7 Å². The summed E-state index contributed by atoms with van der Waals surface area (Å²) >= 11 is 0. The Morgan fingerprint density at radius 1 is 1.19 bits per heavy atom. The van der Waals surface area contributed by atoms with E-state index >= 15 is 0 Å². The normalized spacial score (nSPS) is 23.0. The highest BCUT2D eigenvalue weighted by Crippen LogP contribution is 2.46. The number of carbonyl (C=O) groups is 2. The maximum Gasteiger partial charge on any atom is 0.233 e. The monoisotopic (exact) mass is 504 g/mol. The van der Waals surface area contributed by atoms with Crippen LogP contribution in [0.25, 0.3) is 11.6 Å². The third-order valence-corrected chi connectivity index (χ3v) is 7.92. The highest BCUT2D eigenvalue weighted by molar-refractivity contribution is 6.05. The average molecular weight is 505 g/mol. The van der Waals surface area contributed by atoms with Crippen molar-refractivity contribution in [3.8, 4) is 5.75 Å². The lowest BCUT2D eigenvalue weighted by atomic mass is 9.67. The number of nitrogens with zero attached hydrogens (tertiary/aromatic N) is 2. The van der Waals surface area contributed by atoms with E-state index in [1.165, 1.54) is 11.9 Å². The van der Waals surface area contributed by atoms with Crippen molar-refractivity contribution in [1.29, 1.82) is 0 Å². The van der Waals surface area contributed by atoms with Gasteiger partial charge in [-0.1, -0.05) is 18.6 Å². The third-order valence-electron chi connectivity index (χ3n) is 7.92. The number of aromatic hydroxyl groups is 1. The van der Waals surface area contributed by atoms with Crippen molar-refractivity contribution < 1.29 is 24.9 Å². The summed E-state index contributed by atoms with van der Waals surface area (Å²) in [4.78, 5) is 31.2. The Kier molecular flexibility index (Phi) is 7.95. The van der Waals surface area contributed by atoms with E-state index < -0.39 is 23.9 Å². The quantitative estimate of drug-likeness (QED) is 0.370. The molecule has 196 valence electrons. The smallest absolute Gasteiger partial charge is 0.233 e. The predicted molar refractivity (Wildman–Crippen MR) is 142 cm³/mol. The van der Waals surface area contributed by atoms with Gasteiger partial charge in [-0.2, -0.15) is 0 Å². The molecule has 0 unspecified atom stereocenters. The van der Waals surface area contributed by atoms with E-state index in [1.807, 2.05) is 57.2 Å². The van der Waals surface area contributed by atoms with Gasteiger partial charge in [0.2, 0.25) is 11.8 Å². The molecule has 3 N–H and O–H groups in total. The Hall–Kier alpha value is -3.29. The molecule has 2 amide bonds. The topological polar surface area (TPSA) is 111 Å². The van der Waals surface area contributed by atoms with Crippen LogP contribution in [0.5, 0.6) is 5.75 Å². The summed E-state index contributed by atoms with van der Waals surface area (Å²) in [6.45, 7) is 5.41. The van der Waals surface area contributed by atoms with Gasteiger partial charge in [-0.3, -0.25) is 19.5 Å². The summed E-state index contributed by atoms with van der Waals surface area (Å²) in [6, 6.07) is 9.53. The second-order valence-corrected chi connectivity index (χ2v) is 10.2. The van der Waals surface area contributed by atoms with Crippen LogP contribution in [0.1, 0.15) is 55.0 Å². The number of aliphatic hydroxyl groups excluding tert-OH is 2. The first-order valence-corrected chi connectivity index (χ1v) is 12.9. The summed E-state index contributed by atoms with van der Waals surface area (Å²) in [6.07, 6.45) is 4.86. The number of hydrogen-bond acceptors (Lipinski definition) is 6. The number of benzene rings is 1. The third kappa shape index (κ3) is 5.11. The molecule has 0 spiro atoms. The summed E-state index contributed by atoms with van der Waals surface area (Å²) < 4.78 is 0. The molecule has 37 heavy (non-hydrogen) atoms. The fourth-order valence-electron chi connectivity index (χ4n) is 6.00. The number of amides is 2. The van der Waals surface area contributed by atoms with Crippen LogP contribution >= 0.6 is 0 Å². The van der Waals surface area contributed by atoms with Gasteiger partial charge in [0.15, 0.2) is 0 Å². The second-order valence-electron chi connectivity index (χ2n) is 10.2. The Morgan fingerprint density at radius 2 is 1.89 bits per heavy atom. The molecule has 1 aromatic heterocycles. The standard InChI is InChI=1S/C30H36N2O5/c1-5-20-15-22-27(30(37)32(4)29(22)36)23(16-33)26(20)25(34)10-9-21(24-8-6-7-11-31-24)14-19-12-17(2)28(35)18(3)13-19/h6-8,11-14,22-23,25,27,33-35H,5,9-10,15-16H2,1-4H3/b21-14-/t22-,23+,25-,27-/m1/s1. The minimum atomic E-state index is -0.864. The van der Waals surface area contributed by atoms with Gasteiger partial charge in [0, 0.05) is 19.2 Å². The van der Waals surface area contributed by atoms with E-state index in [0.717, 1.165) is 33.5 Å². The molecule has 7 heteroatoms. The maximum atomic E-state index is 12.9. The number of aromatic nitrogens is 1. The van der Waals surface area contributed by atoms with Crippen LogP contribution < -0.4 is 0 Å². The summed E-state index contributed by atoms with van der Waals surface area (Å²) in [5.74, 6) is -1.87. The van der Waals surface area contributed by atoms with Crippen LogP contribution in [0.3, 0.4) is 0 Å². The van der Waals surface area contributed by atoms with E-state index in [9.17, 15) is 24.9 Å². The molecule has 2 aromatic rings. The number of aryl methyl sites for hydroxylation is 2. The number of aliphatic hydroxyl groups is 2. The first kappa shape index (κ1) is 26.8. The largest absolute Gasteiger partial charge is 0.507 e. The van der Waals surface area contributed by atoms with Gasteiger partial charge < -0.3 is 15.3 Å². The summed E-state index contributed by atoms with van der Waals surface area (Å²) in [5.41, 5.74) is 5.90. The van der Waals surface area contributed by atoms with Crippen molar-refractivity contribution in [1.82, 2.24) is 9.88 Å². The number of phenolic OH excluding ortho intramolecular Hbond substituents is 1. The molecule has 4 atom stereocenters. The Balaban J connectivity index is 1.65. The highest BCUT2D eigenvalue weighted by atomic mass is 16.3. The molecule has 0 bridgehead atoms. The van der Waals surface area contributed by atoms with Crippen LogP contribution in [0, 0.1) is 31.6 Å². The number of fused-ring (bicyclic) bond motifs is 1. The zero-order chi connectivity index (χ0) is 26.9. The van der Waals surface area contributed by atoms with Gasteiger partial charge in [0.05, 0.1) is 30.2 Å². The molecule has 1 aliphatic carbocycles. The van der Waals surface area contributed by atoms with Crippen molar-refractivity contribution in [2.75, 3.05) is 13.7 Å². The first-order valence-electron chi connectivity index (χ1n) is 12.9. The van der Waals surface area contributed by atoms with Crippen LogP contribution in [0.15, 0.2) is 47.7 Å². The lowest BCUT2D eigenvalue weighted by Gasteiger charge is -2.36. The van der Waals surface area contributed by atoms with E-state index in [1.54, 1.807) is 6.20 Å². The van der Waals surface area contributed by atoms with Gasteiger partial charge in [-0.15, -0.1) is 0 Å². The number of likely N-dealkylation sites (tertiary alicyclic amines) is 1. The number of allylic oxidation sites excluding steroid dienone is 2. The zero-order valence-electron chi connectivity index (χ0n) is 21.9. The van der Waals surface area contributed by atoms with Crippen LogP contribution in [0.2, 0.25) is 0 Å². The minimum absolute atomic E-state index is 0.201. The van der Waals surface area contributed by atoms with Crippen LogP contribution in [0.4, 0.5) is 0 Å². The molecule has 0 saturated carbocycles. The van der Waals surface area contributed by atoms with Gasteiger partial charge in [-0.25, -0.2) is 0 Å². The van der Waals surface area contributed by atoms with Crippen LogP contribution in [-0.2, 0) is 9.59 Å². The second kappa shape index (κ2) is 11.0. The van der Waals surface area contributed by atoms with E-state index in [4.69, 9.17) is 0 Å². The Labute approximate surface area is 218 Å². The van der Waals surface area contributed by atoms with Gasteiger partial charge in [0.1, 0.15) is 5.75 Å². The van der Waals surface area contributed by atoms with Crippen molar-refractivity contribution in [2.24, 2.45) is 17.8 Å². The fourth-order valence-corrected chi connectivity index (χ4v) is 6.00. The molecule has 1 saturated heterocycles. The Morgan fingerprint density at radius 3 is 2.49 bits per heavy atom. The van der Waals surface area contributed by atoms with E-state index in [-0.39, 0.29) is 24.2 Å². The first-order chi connectivity index (χ1) is 17.7. The molecule has 1 fully saturated rings. The van der Waals surface area contributed by atoms with Crippen molar-refractivity contribution in [3.63, 3.8) is 0 Å². The molecule has 4 rings (SSSR count). The van der Waals surface area contributed by atoms with Crippen molar-refractivity contribution in [3.05, 3.63) is 70.1 Å². The fraction of sp³-hybridized carbons (Fsp3) is 0.433. The lowest BCUT2D eigenvalue weighted by Crippen LogP contribution is -2.38. The molecule has 2 aliphatic rings. The molecule has 2 heterocycles. The SMILES string of the molecule is CCC1=C([C@H](O)CC/C(=C/c2cc(C)c(O)c(C)c2)c2ccccn2)[C@H](CO)[C@@H]2C(=O)N(C)C(=O)[C@@H]2C1. The highest BCUT2D eigenvalue weighted by Gasteiger charge is 2.53. The Bertz CT molecular complexity index is 1230. The number of carbonyl (C=O) groups excluding carboxylic acids is 2. The molecule has 7 nitrogen and oxygen atoms in total. The number of rotatable bonds is 8. The van der Waals surface area contributed by atoms with Gasteiger partial charge in [0.25, 0.3) is 0 Å². The van der Waals surface area contributed by atoms with Gasteiger partial charge >= 0.3 is 0 Å². The number of pyridine rings is 1. The van der Waals surface area contributed by atoms with Crippen molar-refractivity contribution >= 4 is 23.5 Å². The molecular weight excluding hydrogens is 468 g/mol. The minimum Gasteiger partial charge on any atom is -0.507 e. The zero-order valence-corrected chi connectivity index (χ0v) is 21.9. The number of phenols is 1. The summed E-state index contributed by atoms with van der Waals surface area (Å²) in [7, 11) is 1.50. The lowest BCUT2D eigenvalue weighted by molar-refractivity contribution is -0.138.